The summed E-state index contributed by atoms with van der Waals surface area (Å²) in [7, 11) is -2.79. The number of hydrogen-bond donors (Lipinski definition) is 1. The van der Waals surface area contributed by atoms with Crippen LogP contribution in [0.3, 0.4) is 0 Å². The number of ether oxygens (including phenoxy) is 1. The molecular formula is C15H18ClNO6S. The fraction of sp³-hybridized carbons (Fsp3) is 0.467. The smallest absolute Gasteiger partial charge is 0.337 e. The maximum Gasteiger partial charge on any atom is 0.337 e. The Kier molecular flexibility index (Phi) is 5.52. The Bertz CT molecular complexity index is 763. The monoisotopic (exact) mass is 375 g/mol. The Balaban J connectivity index is 2.41. The number of carboxylic acid groups (broad SMARTS) is 1. The topological polar surface area (TPSA) is 101 Å². The van der Waals surface area contributed by atoms with Gasteiger partial charge in [0.25, 0.3) is 0 Å². The Morgan fingerprint density at radius 1 is 1.29 bits per heavy atom. The molecule has 0 spiro atoms. The molecule has 1 saturated heterocycles. The van der Waals surface area contributed by atoms with Crippen LogP contribution < -0.4 is 0 Å². The van der Waals surface area contributed by atoms with Crippen LogP contribution in [0.15, 0.2) is 23.1 Å². The molecular weight excluding hydrogens is 358 g/mol. The van der Waals surface area contributed by atoms with Gasteiger partial charge in [-0.3, -0.25) is 4.79 Å². The summed E-state index contributed by atoms with van der Waals surface area (Å²) in [5.74, 6) is -2.58. The van der Waals surface area contributed by atoms with E-state index in [1.165, 1.54) is 25.3 Å². The van der Waals surface area contributed by atoms with Gasteiger partial charge in [0.2, 0.25) is 10.0 Å². The molecule has 1 aromatic carbocycles. The highest BCUT2D eigenvalue weighted by Gasteiger charge is 2.36. The number of carbonyl (C=O) groups is 2. The van der Waals surface area contributed by atoms with Crippen LogP contribution in [0.25, 0.3) is 0 Å². The molecule has 0 bridgehead atoms. The van der Waals surface area contributed by atoms with Gasteiger partial charge in [0.1, 0.15) is 0 Å². The number of halogens is 1. The predicted molar refractivity (Wildman–Crippen MR) is 86.5 cm³/mol. The van der Waals surface area contributed by atoms with Crippen molar-refractivity contribution in [1.82, 2.24) is 4.31 Å². The van der Waals surface area contributed by atoms with Crippen molar-refractivity contribution in [3.63, 3.8) is 0 Å². The lowest BCUT2D eigenvalue weighted by atomic mass is 9.92. The van der Waals surface area contributed by atoms with Gasteiger partial charge in [-0.25, -0.2) is 13.2 Å². The fourth-order valence-electron chi connectivity index (χ4n) is 2.77. The first-order chi connectivity index (χ1) is 11.1. The van der Waals surface area contributed by atoms with Gasteiger partial charge in [0, 0.05) is 18.1 Å². The number of rotatable bonds is 4. The highest BCUT2D eigenvalue weighted by Crippen LogP contribution is 2.29. The second kappa shape index (κ2) is 7.08. The number of aliphatic carboxylic acids is 1. The molecule has 2 rings (SSSR count). The largest absolute Gasteiger partial charge is 0.481 e. The number of hydrogen-bond acceptors (Lipinski definition) is 5. The number of benzene rings is 1. The van der Waals surface area contributed by atoms with Gasteiger partial charge in [0.05, 0.1) is 23.5 Å². The van der Waals surface area contributed by atoms with Gasteiger partial charge in [0.15, 0.2) is 0 Å². The first-order valence-corrected chi connectivity index (χ1v) is 9.08. The molecule has 1 N–H and O–H groups in total. The molecule has 1 aliphatic rings. The normalized spacial score (nSPS) is 22.1. The van der Waals surface area contributed by atoms with Crippen LogP contribution in [0.4, 0.5) is 0 Å². The molecule has 1 aromatic rings. The number of carbonyl (C=O) groups excluding carboxylic acids is 1. The molecule has 7 nitrogen and oxygen atoms in total. The second-order valence-electron chi connectivity index (χ2n) is 5.87. The minimum atomic E-state index is -3.97. The zero-order valence-corrected chi connectivity index (χ0v) is 14.8. The lowest BCUT2D eigenvalue weighted by molar-refractivity contribution is -0.143. The van der Waals surface area contributed by atoms with Crippen molar-refractivity contribution in [3.05, 3.63) is 28.8 Å². The average Bonchev–Trinajstić information content (AvgIpc) is 2.52. The summed E-state index contributed by atoms with van der Waals surface area (Å²) in [6.07, 6.45) is 0.421. The van der Waals surface area contributed by atoms with Crippen molar-refractivity contribution in [2.45, 2.75) is 18.2 Å². The van der Waals surface area contributed by atoms with E-state index in [1.807, 2.05) is 0 Å². The standard InChI is InChI=1S/C15H18ClNO6S/c1-9-3-11(14(18)19)8-17(7-9)24(21,22)13-5-10(15(20)23-2)4-12(16)6-13/h4-6,9,11H,3,7-8H2,1-2H3,(H,18,19). The summed E-state index contributed by atoms with van der Waals surface area (Å²) in [6.45, 7) is 1.91. The zero-order valence-electron chi connectivity index (χ0n) is 13.2. The van der Waals surface area contributed by atoms with E-state index in [9.17, 15) is 23.1 Å². The van der Waals surface area contributed by atoms with Crippen LogP contribution in [0.1, 0.15) is 23.7 Å². The van der Waals surface area contributed by atoms with Crippen LogP contribution in [0.5, 0.6) is 0 Å². The van der Waals surface area contributed by atoms with Crippen molar-refractivity contribution < 1.29 is 27.9 Å². The maximum absolute atomic E-state index is 12.8. The van der Waals surface area contributed by atoms with E-state index in [4.69, 9.17) is 11.6 Å². The Morgan fingerprint density at radius 2 is 1.96 bits per heavy atom. The maximum atomic E-state index is 12.8. The van der Waals surface area contributed by atoms with Gasteiger partial charge >= 0.3 is 11.9 Å². The van der Waals surface area contributed by atoms with E-state index in [2.05, 4.69) is 4.74 Å². The summed E-state index contributed by atoms with van der Waals surface area (Å²) in [5, 5.41) is 9.28. The molecule has 24 heavy (non-hydrogen) atoms. The zero-order chi connectivity index (χ0) is 18.1. The fourth-order valence-corrected chi connectivity index (χ4v) is 4.75. The highest BCUT2D eigenvalue weighted by atomic mass is 35.5. The Labute approximate surface area is 145 Å². The molecule has 2 atom stereocenters. The molecule has 0 aliphatic carbocycles. The van der Waals surface area contributed by atoms with Gasteiger partial charge in [-0.2, -0.15) is 4.31 Å². The minimum Gasteiger partial charge on any atom is -0.481 e. The van der Waals surface area contributed by atoms with Gasteiger partial charge in [-0.15, -0.1) is 0 Å². The number of esters is 1. The summed E-state index contributed by atoms with van der Waals surface area (Å²) in [6, 6.07) is 3.73. The first kappa shape index (κ1) is 18.7. The number of nitrogens with zero attached hydrogens (tertiary/aromatic N) is 1. The van der Waals surface area contributed by atoms with E-state index in [-0.39, 0.29) is 34.5 Å². The lowest BCUT2D eigenvalue weighted by Crippen LogP contribution is -2.45. The molecule has 0 radical (unpaired) electrons. The van der Waals surface area contributed by atoms with E-state index in [1.54, 1.807) is 6.92 Å². The summed E-state index contributed by atoms with van der Waals surface area (Å²) < 4.78 is 31.4. The lowest BCUT2D eigenvalue weighted by Gasteiger charge is -2.33. The molecule has 9 heteroatoms. The number of methoxy groups -OCH3 is 1. The summed E-state index contributed by atoms with van der Waals surface area (Å²) in [5.41, 5.74) is 0.0171. The van der Waals surface area contributed by atoms with E-state index < -0.39 is 27.9 Å². The van der Waals surface area contributed by atoms with E-state index in [0.717, 1.165) is 4.31 Å². The van der Waals surface area contributed by atoms with Gasteiger partial charge in [-0.05, 0) is 30.5 Å². The summed E-state index contributed by atoms with van der Waals surface area (Å²) in [4.78, 5) is 22.7. The Hall–Kier alpha value is -1.64. The molecule has 0 saturated carbocycles. The molecule has 1 heterocycles. The summed E-state index contributed by atoms with van der Waals surface area (Å²) >= 11 is 5.92. The molecule has 1 fully saturated rings. The first-order valence-electron chi connectivity index (χ1n) is 7.27. The van der Waals surface area contributed by atoms with Crippen LogP contribution in [-0.4, -0.2) is 50.0 Å². The SMILES string of the molecule is COC(=O)c1cc(Cl)cc(S(=O)(=O)N2CC(C)CC(C(=O)O)C2)c1. The third-order valence-corrected chi connectivity index (χ3v) is 5.93. The van der Waals surface area contributed by atoms with Crippen LogP contribution in [0, 0.1) is 11.8 Å². The molecule has 1 aliphatic heterocycles. The molecule has 2 unspecified atom stereocenters. The average molecular weight is 376 g/mol. The van der Waals surface area contributed by atoms with Crippen molar-refractivity contribution >= 4 is 33.6 Å². The van der Waals surface area contributed by atoms with Crippen molar-refractivity contribution in [2.75, 3.05) is 20.2 Å². The molecule has 132 valence electrons. The van der Waals surface area contributed by atoms with Gasteiger partial charge < -0.3 is 9.84 Å². The minimum absolute atomic E-state index is 0.0171. The number of carboxylic acids is 1. The Morgan fingerprint density at radius 3 is 2.54 bits per heavy atom. The van der Waals surface area contributed by atoms with Gasteiger partial charge in [-0.1, -0.05) is 18.5 Å². The van der Waals surface area contributed by atoms with Crippen molar-refractivity contribution in [3.8, 4) is 0 Å². The van der Waals surface area contributed by atoms with Crippen LogP contribution in [-0.2, 0) is 19.6 Å². The molecule has 0 aromatic heterocycles. The highest BCUT2D eigenvalue weighted by molar-refractivity contribution is 7.89. The second-order valence-corrected chi connectivity index (χ2v) is 8.24. The van der Waals surface area contributed by atoms with E-state index in [0.29, 0.717) is 6.42 Å². The molecule has 0 amide bonds. The number of sulfonamides is 1. The van der Waals surface area contributed by atoms with Crippen molar-refractivity contribution in [2.24, 2.45) is 11.8 Å². The van der Waals surface area contributed by atoms with Crippen molar-refractivity contribution in [1.29, 1.82) is 0 Å². The third-order valence-electron chi connectivity index (χ3n) is 3.91. The van der Waals surface area contributed by atoms with Crippen LogP contribution in [0.2, 0.25) is 5.02 Å². The third kappa shape index (κ3) is 3.88. The quantitative estimate of drug-likeness (QED) is 0.806. The van der Waals surface area contributed by atoms with Crippen LogP contribution >= 0.6 is 11.6 Å². The predicted octanol–water partition coefficient (Wildman–Crippen LogP) is 1.86. The number of piperidine rings is 1. The van der Waals surface area contributed by atoms with E-state index >= 15 is 0 Å².